The number of piperazine rings is 1. The Labute approximate surface area is 223 Å². The van der Waals surface area contributed by atoms with Gasteiger partial charge in [0, 0.05) is 43.3 Å². The van der Waals surface area contributed by atoms with Gasteiger partial charge in [-0.05, 0) is 30.8 Å². The Kier molecular flexibility index (Phi) is 6.66. The van der Waals surface area contributed by atoms with E-state index < -0.39 is 11.2 Å². The summed E-state index contributed by atoms with van der Waals surface area (Å²) in [5.74, 6) is -0.375. The van der Waals surface area contributed by atoms with Crippen molar-refractivity contribution in [3.8, 4) is 11.4 Å². The van der Waals surface area contributed by atoms with E-state index >= 15 is 4.39 Å². The van der Waals surface area contributed by atoms with Crippen molar-refractivity contribution in [3.63, 3.8) is 0 Å². The zero-order chi connectivity index (χ0) is 26.9. The number of hydrogen-bond donors (Lipinski definition) is 0. The fraction of sp³-hybridized carbons (Fsp3) is 0.233. The molecule has 1 aliphatic rings. The number of fused-ring (bicyclic) bond motifs is 1. The molecular formula is C30H27F2N5O2. The first-order valence-electron chi connectivity index (χ1n) is 12.9. The molecule has 1 saturated heterocycles. The molecule has 0 aliphatic carbocycles. The first-order chi connectivity index (χ1) is 19.0. The minimum atomic E-state index is -0.475. The van der Waals surface area contributed by atoms with Crippen molar-refractivity contribution in [3.05, 3.63) is 112 Å². The first kappa shape index (κ1) is 24.9. The van der Waals surface area contributed by atoms with Crippen molar-refractivity contribution < 1.29 is 13.3 Å². The predicted molar refractivity (Wildman–Crippen MR) is 146 cm³/mol. The van der Waals surface area contributed by atoms with E-state index in [1.54, 1.807) is 35.0 Å². The Morgan fingerprint density at radius 3 is 2.44 bits per heavy atom. The van der Waals surface area contributed by atoms with Crippen molar-refractivity contribution in [2.75, 3.05) is 38.1 Å². The zero-order valence-corrected chi connectivity index (χ0v) is 21.5. The number of benzene rings is 3. The highest BCUT2D eigenvalue weighted by atomic mass is 19.1. The van der Waals surface area contributed by atoms with Crippen LogP contribution in [0, 0.1) is 11.6 Å². The highest BCUT2D eigenvalue weighted by Gasteiger charge is 2.22. The standard InChI is InChI=1S/C30H27F2N5O2/c1-35-11-13-36(14-12-35)27-17-26-22(16-25(27)32)29(38)23(19-37(26)18-21-9-5-6-10-24(21)31)30-33-28(39-34-30)15-20-7-3-2-4-8-20/h2-10,16-17,19H,11-15,18H2,1H3. The lowest BCUT2D eigenvalue weighted by Gasteiger charge is -2.34. The van der Waals surface area contributed by atoms with Crippen LogP contribution < -0.4 is 10.3 Å². The smallest absolute Gasteiger partial charge is 0.231 e. The number of halogens is 2. The first-order valence-corrected chi connectivity index (χ1v) is 12.9. The molecule has 198 valence electrons. The molecule has 0 bridgehead atoms. The van der Waals surface area contributed by atoms with Crippen LogP contribution in [0.5, 0.6) is 0 Å². The third kappa shape index (κ3) is 5.05. The van der Waals surface area contributed by atoms with Crippen LogP contribution in [0.4, 0.5) is 14.5 Å². The van der Waals surface area contributed by atoms with Crippen LogP contribution in [0.2, 0.25) is 0 Å². The number of anilines is 1. The van der Waals surface area contributed by atoms with Crippen LogP contribution in [0.15, 0.2) is 82.2 Å². The third-order valence-electron chi connectivity index (χ3n) is 7.20. The number of likely N-dealkylation sites (N-methyl/N-ethyl adjacent to an activating group) is 1. The van der Waals surface area contributed by atoms with E-state index in [0.29, 0.717) is 42.2 Å². The van der Waals surface area contributed by atoms with Gasteiger partial charge in [-0.2, -0.15) is 4.98 Å². The summed E-state index contributed by atoms with van der Waals surface area (Å²) < 4.78 is 37.3. The number of rotatable bonds is 6. The number of pyridine rings is 1. The van der Waals surface area contributed by atoms with Crippen molar-refractivity contribution >= 4 is 16.6 Å². The molecule has 7 nitrogen and oxygen atoms in total. The Bertz CT molecular complexity index is 1690. The predicted octanol–water partition coefficient (Wildman–Crippen LogP) is 4.72. The van der Waals surface area contributed by atoms with Crippen LogP contribution in [-0.2, 0) is 13.0 Å². The molecule has 0 atom stereocenters. The molecule has 0 saturated carbocycles. The lowest BCUT2D eigenvalue weighted by Crippen LogP contribution is -2.44. The normalized spacial score (nSPS) is 14.3. The van der Waals surface area contributed by atoms with Gasteiger partial charge in [-0.25, -0.2) is 8.78 Å². The van der Waals surface area contributed by atoms with Gasteiger partial charge in [0.2, 0.25) is 17.1 Å². The summed E-state index contributed by atoms with van der Waals surface area (Å²) in [6, 6.07) is 19.1. The molecule has 6 rings (SSSR count). The molecule has 0 amide bonds. The van der Waals surface area contributed by atoms with Crippen molar-refractivity contribution in [2.24, 2.45) is 0 Å². The summed E-state index contributed by atoms with van der Waals surface area (Å²) in [5, 5.41) is 4.23. The van der Waals surface area contributed by atoms with E-state index in [9.17, 15) is 9.18 Å². The quantitative estimate of drug-likeness (QED) is 0.318. The lowest BCUT2D eigenvalue weighted by molar-refractivity contribution is 0.312. The fourth-order valence-corrected chi connectivity index (χ4v) is 5.00. The van der Waals surface area contributed by atoms with Crippen molar-refractivity contribution in [2.45, 2.75) is 13.0 Å². The monoisotopic (exact) mass is 527 g/mol. The van der Waals surface area contributed by atoms with Crippen LogP contribution >= 0.6 is 0 Å². The number of hydrogen-bond acceptors (Lipinski definition) is 6. The average Bonchev–Trinajstić information content (AvgIpc) is 3.40. The molecule has 1 fully saturated rings. The summed E-state index contributed by atoms with van der Waals surface area (Å²) in [6.07, 6.45) is 2.02. The summed E-state index contributed by atoms with van der Waals surface area (Å²) in [4.78, 5) is 22.3. The Balaban J connectivity index is 1.47. The molecule has 1 aliphatic heterocycles. The Hall–Kier alpha value is -4.37. The Morgan fingerprint density at radius 2 is 1.67 bits per heavy atom. The lowest BCUT2D eigenvalue weighted by atomic mass is 10.1. The van der Waals surface area contributed by atoms with Gasteiger partial charge in [0.1, 0.15) is 11.6 Å². The molecule has 3 aromatic carbocycles. The molecule has 0 radical (unpaired) electrons. The van der Waals surface area contributed by atoms with Crippen molar-refractivity contribution in [1.29, 1.82) is 0 Å². The molecule has 0 N–H and O–H groups in total. The number of aromatic nitrogens is 3. The summed E-state index contributed by atoms with van der Waals surface area (Å²) in [7, 11) is 2.03. The topological polar surface area (TPSA) is 67.4 Å². The molecule has 2 aromatic heterocycles. The van der Waals surface area contributed by atoms with Gasteiger partial charge in [0.15, 0.2) is 0 Å². The molecular weight excluding hydrogens is 500 g/mol. The fourth-order valence-electron chi connectivity index (χ4n) is 5.00. The maximum absolute atomic E-state index is 15.5. The van der Waals surface area contributed by atoms with Crippen LogP contribution in [0.3, 0.4) is 0 Å². The summed E-state index contributed by atoms with van der Waals surface area (Å²) in [5.41, 5.74) is 2.11. The van der Waals surface area contributed by atoms with Crippen LogP contribution in [-0.4, -0.2) is 52.8 Å². The number of nitrogens with zero attached hydrogens (tertiary/aromatic N) is 5. The van der Waals surface area contributed by atoms with Gasteiger partial charge >= 0.3 is 0 Å². The summed E-state index contributed by atoms with van der Waals surface area (Å²) >= 11 is 0. The van der Waals surface area contributed by atoms with Gasteiger partial charge in [0.05, 0.1) is 29.7 Å². The van der Waals surface area contributed by atoms with Gasteiger partial charge in [-0.15, -0.1) is 0 Å². The van der Waals surface area contributed by atoms with Gasteiger partial charge < -0.3 is 18.9 Å². The maximum Gasteiger partial charge on any atom is 0.231 e. The van der Waals surface area contributed by atoms with E-state index in [1.165, 1.54) is 12.1 Å². The zero-order valence-electron chi connectivity index (χ0n) is 21.5. The molecule has 39 heavy (non-hydrogen) atoms. The van der Waals surface area contributed by atoms with E-state index in [0.717, 1.165) is 18.7 Å². The van der Waals surface area contributed by atoms with Gasteiger partial charge in [-0.1, -0.05) is 53.7 Å². The van der Waals surface area contributed by atoms with E-state index in [1.807, 2.05) is 42.3 Å². The minimum Gasteiger partial charge on any atom is -0.367 e. The van der Waals surface area contributed by atoms with Gasteiger partial charge in [-0.3, -0.25) is 4.79 Å². The average molecular weight is 528 g/mol. The summed E-state index contributed by atoms with van der Waals surface area (Å²) in [6.45, 7) is 3.09. The van der Waals surface area contributed by atoms with E-state index in [2.05, 4.69) is 15.0 Å². The molecule has 3 heterocycles. The van der Waals surface area contributed by atoms with Crippen molar-refractivity contribution in [1.82, 2.24) is 19.6 Å². The maximum atomic E-state index is 15.5. The minimum absolute atomic E-state index is 0.110. The second kappa shape index (κ2) is 10.4. The third-order valence-corrected chi connectivity index (χ3v) is 7.20. The molecule has 0 spiro atoms. The molecule has 9 heteroatoms. The van der Waals surface area contributed by atoms with Crippen LogP contribution in [0.1, 0.15) is 17.0 Å². The second-order valence-electron chi connectivity index (χ2n) is 9.88. The SMILES string of the molecule is CN1CCN(c2cc3c(cc2F)c(=O)c(-c2noc(Cc4ccccc4)n2)cn3Cc2ccccc2F)CC1. The highest BCUT2D eigenvalue weighted by Crippen LogP contribution is 2.28. The largest absolute Gasteiger partial charge is 0.367 e. The van der Waals surface area contributed by atoms with Crippen LogP contribution in [0.25, 0.3) is 22.3 Å². The van der Waals surface area contributed by atoms with Gasteiger partial charge in [0.25, 0.3) is 0 Å². The Morgan fingerprint density at radius 1 is 0.923 bits per heavy atom. The molecule has 0 unspecified atom stereocenters. The van der Waals surface area contributed by atoms with E-state index in [-0.39, 0.29) is 29.1 Å². The van der Waals surface area contributed by atoms with E-state index in [4.69, 9.17) is 4.52 Å². The highest BCUT2D eigenvalue weighted by molar-refractivity contribution is 5.86. The molecule has 5 aromatic rings. The second-order valence-corrected chi connectivity index (χ2v) is 9.88.